The van der Waals surface area contributed by atoms with Gasteiger partial charge in [-0.25, -0.2) is 0 Å². The molecule has 0 unspecified atom stereocenters. The lowest BCUT2D eigenvalue weighted by molar-refractivity contribution is -0.127. The molecule has 3 heteroatoms. The summed E-state index contributed by atoms with van der Waals surface area (Å²) >= 11 is 0. The zero-order chi connectivity index (χ0) is 14.4. The highest BCUT2D eigenvalue weighted by Gasteiger charge is 2.15. The number of rotatable bonds is 6. The lowest BCUT2D eigenvalue weighted by Crippen LogP contribution is -2.36. The van der Waals surface area contributed by atoms with Crippen LogP contribution in [-0.4, -0.2) is 18.6 Å². The van der Waals surface area contributed by atoms with Crippen LogP contribution in [-0.2, 0) is 17.6 Å². The average molecular weight is 275 g/mol. The van der Waals surface area contributed by atoms with Crippen LogP contribution in [0.2, 0.25) is 0 Å². The Hall–Kier alpha value is -1.51. The normalized spacial score (nSPS) is 15.3. The summed E-state index contributed by atoms with van der Waals surface area (Å²) in [6.45, 7) is 4.65. The Balaban J connectivity index is 1.90. The molecule has 1 N–H and O–H groups in total. The number of nitrogens with one attached hydrogen (secondary N) is 1. The van der Waals surface area contributed by atoms with E-state index in [0.29, 0.717) is 0 Å². The Labute approximate surface area is 121 Å². The second-order valence-corrected chi connectivity index (χ2v) is 5.54. The quantitative estimate of drug-likeness (QED) is 0.809. The molecule has 0 saturated carbocycles. The van der Waals surface area contributed by atoms with Gasteiger partial charge in [-0.05, 0) is 62.3 Å². The van der Waals surface area contributed by atoms with Gasteiger partial charge in [0.1, 0.15) is 5.75 Å². The second-order valence-electron chi connectivity index (χ2n) is 5.54. The molecular formula is C17H25NO2. The maximum Gasteiger partial charge on any atom is 0.260 e. The molecule has 1 aromatic rings. The molecule has 0 aromatic heterocycles. The van der Waals surface area contributed by atoms with Crippen LogP contribution < -0.4 is 10.1 Å². The summed E-state index contributed by atoms with van der Waals surface area (Å²) in [5.74, 6) is 0.778. The minimum Gasteiger partial charge on any atom is -0.481 e. The third-order valence-electron chi connectivity index (χ3n) is 3.83. The van der Waals surface area contributed by atoms with E-state index in [0.717, 1.165) is 31.6 Å². The van der Waals surface area contributed by atoms with Gasteiger partial charge in [0.2, 0.25) is 0 Å². The Morgan fingerprint density at radius 3 is 2.80 bits per heavy atom. The van der Waals surface area contributed by atoms with Crippen molar-refractivity contribution in [3.05, 3.63) is 29.3 Å². The van der Waals surface area contributed by atoms with Gasteiger partial charge in [-0.2, -0.15) is 0 Å². The first-order chi connectivity index (χ1) is 9.70. The van der Waals surface area contributed by atoms with Crippen LogP contribution in [0.4, 0.5) is 0 Å². The largest absolute Gasteiger partial charge is 0.481 e. The maximum atomic E-state index is 11.9. The minimum absolute atomic E-state index is 0.0313. The van der Waals surface area contributed by atoms with E-state index in [1.165, 1.54) is 30.4 Å². The average Bonchev–Trinajstić information content (AvgIpc) is 2.47. The van der Waals surface area contributed by atoms with E-state index in [9.17, 15) is 4.79 Å². The molecule has 0 saturated heterocycles. The Morgan fingerprint density at radius 1 is 1.30 bits per heavy atom. The SMILES string of the molecule is CCCCNC(=O)[C@H](C)Oc1ccc2c(c1)CCCC2. The Kier molecular flexibility index (Phi) is 5.45. The van der Waals surface area contributed by atoms with Crippen molar-refractivity contribution in [1.82, 2.24) is 5.32 Å². The molecule has 0 radical (unpaired) electrons. The topological polar surface area (TPSA) is 38.3 Å². The van der Waals surface area contributed by atoms with Gasteiger partial charge in [0, 0.05) is 6.54 Å². The van der Waals surface area contributed by atoms with E-state index in [-0.39, 0.29) is 5.91 Å². The summed E-state index contributed by atoms with van der Waals surface area (Å²) in [7, 11) is 0. The van der Waals surface area contributed by atoms with Crippen molar-refractivity contribution in [3.8, 4) is 5.75 Å². The molecule has 20 heavy (non-hydrogen) atoms. The van der Waals surface area contributed by atoms with E-state index < -0.39 is 6.10 Å². The molecule has 0 aliphatic heterocycles. The predicted molar refractivity (Wildman–Crippen MR) is 81.1 cm³/mol. The zero-order valence-corrected chi connectivity index (χ0v) is 12.6. The van der Waals surface area contributed by atoms with Gasteiger partial charge in [-0.15, -0.1) is 0 Å². The molecule has 1 amide bonds. The Morgan fingerprint density at radius 2 is 2.05 bits per heavy atom. The van der Waals surface area contributed by atoms with Gasteiger partial charge >= 0.3 is 0 Å². The van der Waals surface area contributed by atoms with Crippen molar-refractivity contribution < 1.29 is 9.53 Å². The van der Waals surface area contributed by atoms with Crippen LogP contribution in [0.3, 0.4) is 0 Å². The number of hydrogen-bond donors (Lipinski definition) is 1. The summed E-state index contributed by atoms with van der Waals surface area (Å²) in [4.78, 5) is 11.9. The second kappa shape index (κ2) is 7.32. The highest BCUT2D eigenvalue weighted by molar-refractivity contribution is 5.80. The number of amides is 1. The fourth-order valence-electron chi connectivity index (χ4n) is 2.57. The number of carbonyl (C=O) groups excluding carboxylic acids is 1. The Bertz CT molecular complexity index is 456. The van der Waals surface area contributed by atoms with Gasteiger partial charge in [0.25, 0.3) is 5.91 Å². The van der Waals surface area contributed by atoms with Gasteiger partial charge < -0.3 is 10.1 Å². The third-order valence-corrected chi connectivity index (χ3v) is 3.83. The number of fused-ring (bicyclic) bond motifs is 1. The molecule has 1 atom stereocenters. The number of hydrogen-bond acceptors (Lipinski definition) is 2. The molecule has 1 aromatic carbocycles. The first-order valence-electron chi connectivity index (χ1n) is 7.77. The van der Waals surface area contributed by atoms with Crippen molar-refractivity contribution in [3.63, 3.8) is 0 Å². The smallest absolute Gasteiger partial charge is 0.260 e. The summed E-state index contributed by atoms with van der Waals surface area (Å²) in [6.07, 6.45) is 6.49. The number of carbonyl (C=O) groups is 1. The van der Waals surface area contributed by atoms with E-state index >= 15 is 0 Å². The summed E-state index contributed by atoms with van der Waals surface area (Å²) in [5.41, 5.74) is 2.82. The summed E-state index contributed by atoms with van der Waals surface area (Å²) in [5, 5.41) is 2.90. The number of unbranched alkanes of at least 4 members (excludes halogenated alkanes) is 1. The molecule has 0 spiro atoms. The molecule has 110 valence electrons. The molecular weight excluding hydrogens is 250 g/mol. The van der Waals surface area contributed by atoms with E-state index in [1.807, 2.05) is 6.07 Å². The van der Waals surface area contributed by atoms with Crippen molar-refractivity contribution in [2.75, 3.05) is 6.54 Å². The molecule has 0 heterocycles. The van der Waals surface area contributed by atoms with Gasteiger partial charge in [0.05, 0.1) is 0 Å². The fraction of sp³-hybridized carbons (Fsp3) is 0.588. The molecule has 0 bridgehead atoms. The zero-order valence-electron chi connectivity index (χ0n) is 12.6. The minimum atomic E-state index is -0.437. The van der Waals surface area contributed by atoms with Crippen molar-refractivity contribution in [2.24, 2.45) is 0 Å². The predicted octanol–water partition coefficient (Wildman–Crippen LogP) is 3.25. The molecule has 1 aliphatic carbocycles. The van der Waals surface area contributed by atoms with E-state index in [2.05, 4.69) is 24.4 Å². The van der Waals surface area contributed by atoms with Gasteiger partial charge in [0.15, 0.2) is 6.10 Å². The lowest BCUT2D eigenvalue weighted by atomic mass is 9.92. The number of ether oxygens (including phenoxy) is 1. The highest BCUT2D eigenvalue weighted by Crippen LogP contribution is 2.25. The summed E-state index contributed by atoms with van der Waals surface area (Å²) in [6, 6.07) is 6.23. The van der Waals surface area contributed by atoms with E-state index in [4.69, 9.17) is 4.74 Å². The van der Waals surface area contributed by atoms with Crippen LogP contribution >= 0.6 is 0 Å². The van der Waals surface area contributed by atoms with Crippen molar-refractivity contribution >= 4 is 5.91 Å². The first kappa shape index (κ1) is 14.9. The van der Waals surface area contributed by atoms with Crippen LogP contribution in [0, 0.1) is 0 Å². The molecule has 0 fully saturated rings. The van der Waals surface area contributed by atoms with E-state index in [1.54, 1.807) is 6.92 Å². The molecule has 2 rings (SSSR count). The third kappa shape index (κ3) is 3.99. The van der Waals surface area contributed by atoms with Gasteiger partial charge in [-0.1, -0.05) is 19.4 Å². The lowest BCUT2D eigenvalue weighted by Gasteiger charge is -2.19. The standard InChI is InChI=1S/C17H25NO2/c1-3-4-11-18-17(19)13(2)20-16-10-9-14-7-5-6-8-15(14)12-16/h9-10,12-13H,3-8,11H2,1-2H3,(H,18,19)/t13-/m0/s1. The summed E-state index contributed by atoms with van der Waals surface area (Å²) < 4.78 is 5.76. The molecule has 1 aliphatic rings. The van der Waals surface area contributed by atoms with Crippen LogP contribution in [0.5, 0.6) is 5.75 Å². The van der Waals surface area contributed by atoms with Crippen LogP contribution in [0.15, 0.2) is 18.2 Å². The highest BCUT2D eigenvalue weighted by atomic mass is 16.5. The fourth-order valence-corrected chi connectivity index (χ4v) is 2.57. The maximum absolute atomic E-state index is 11.9. The monoisotopic (exact) mass is 275 g/mol. The van der Waals surface area contributed by atoms with Crippen molar-refractivity contribution in [2.45, 2.75) is 58.5 Å². The van der Waals surface area contributed by atoms with Gasteiger partial charge in [-0.3, -0.25) is 4.79 Å². The number of benzene rings is 1. The van der Waals surface area contributed by atoms with Crippen LogP contribution in [0.25, 0.3) is 0 Å². The van der Waals surface area contributed by atoms with Crippen molar-refractivity contribution in [1.29, 1.82) is 0 Å². The first-order valence-corrected chi connectivity index (χ1v) is 7.77. The number of aryl methyl sites for hydroxylation is 2. The van der Waals surface area contributed by atoms with Crippen LogP contribution in [0.1, 0.15) is 50.7 Å². The molecule has 3 nitrogen and oxygen atoms in total.